The van der Waals surface area contributed by atoms with E-state index in [2.05, 4.69) is 10.1 Å². The number of nitrogens with zero attached hydrogens (tertiary/aromatic N) is 3. The molecule has 0 N–H and O–H groups in total. The molecule has 0 bridgehead atoms. The van der Waals surface area contributed by atoms with Gasteiger partial charge in [0.2, 0.25) is 4.96 Å². The number of carbonyl (C=O) groups excluding carboxylic acids is 1. The number of aromatic nitrogens is 3. The molecule has 25 heavy (non-hydrogen) atoms. The summed E-state index contributed by atoms with van der Waals surface area (Å²) in [6, 6.07) is 2.53. The summed E-state index contributed by atoms with van der Waals surface area (Å²) in [5, 5.41) is 4.57. The molecule has 0 atom stereocenters. The molecule has 0 aliphatic heterocycles. The molecule has 0 radical (unpaired) electrons. The van der Waals surface area contributed by atoms with Crippen LogP contribution < -0.4 is 5.56 Å². The highest BCUT2D eigenvalue weighted by Crippen LogP contribution is 2.21. The Morgan fingerprint density at radius 2 is 2.04 bits per heavy atom. The van der Waals surface area contributed by atoms with Gasteiger partial charge in [-0.25, -0.2) is 18.6 Å². The maximum atomic E-state index is 13.2. The normalized spacial score (nSPS) is 11.0. The number of carbonyl (C=O) groups is 1. The van der Waals surface area contributed by atoms with Gasteiger partial charge in [-0.15, -0.1) is 0 Å². The van der Waals surface area contributed by atoms with Crippen molar-refractivity contribution >= 4 is 33.9 Å². The number of benzene rings is 1. The minimum absolute atomic E-state index is 0.211. The van der Waals surface area contributed by atoms with Gasteiger partial charge in [-0.1, -0.05) is 29.9 Å². The van der Waals surface area contributed by atoms with Crippen molar-refractivity contribution in [1.82, 2.24) is 14.6 Å². The fourth-order valence-electron chi connectivity index (χ4n) is 2.01. The predicted octanol–water partition coefficient (Wildman–Crippen LogP) is 3.00. The van der Waals surface area contributed by atoms with Crippen LogP contribution in [0.4, 0.5) is 8.78 Å². The summed E-state index contributed by atoms with van der Waals surface area (Å²) in [5.74, 6) is -3.34. The topological polar surface area (TPSA) is 73.6 Å². The Labute approximate surface area is 148 Å². The van der Waals surface area contributed by atoms with Gasteiger partial charge < -0.3 is 4.74 Å². The Hall–Kier alpha value is -2.39. The van der Waals surface area contributed by atoms with Gasteiger partial charge in [0.15, 0.2) is 11.6 Å². The Kier molecular flexibility index (Phi) is 4.78. The monoisotopic (exact) mass is 385 g/mol. The zero-order valence-corrected chi connectivity index (χ0v) is 14.3. The van der Waals surface area contributed by atoms with Gasteiger partial charge in [0, 0.05) is 6.07 Å². The molecule has 130 valence electrons. The molecule has 3 aromatic rings. The van der Waals surface area contributed by atoms with Crippen molar-refractivity contribution in [3.05, 3.63) is 61.5 Å². The Bertz CT molecular complexity index is 1030. The largest absolute Gasteiger partial charge is 0.456 e. The lowest BCUT2D eigenvalue weighted by Crippen LogP contribution is -2.17. The molecule has 3 rings (SSSR count). The highest BCUT2D eigenvalue weighted by molar-refractivity contribution is 7.16. The fraction of sp³-hybridized carbons (Fsp3) is 0.200. The second-order valence-electron chi connectivity index (χ2n) is 4.95. The first-order valence-electron chi connectivity index (χ1n) is 7.09. The molecule has 0 spiro atoms. The van der Waals surface area contributed by atoms with Crippen LogP contribution in [-0.4, -0.2) is 20.6 Å². The summed E-state index contributed by atoms with van der Waals surface area (Å²) in [6.45, 7) is 1.58. The lowest BCUT2D eigenvalue weighted by Gasteiger charge is -2.06. The molecule has 6 nitrogen and oxygen atoms in total. The lowest BCUT2D eigenvalue weighted by atomic mass is 10.2. The van der Waals surface area contributed by atoms with E-state index in [1.165, 1.54) is 21.9 Å². The molecule has 0 aliphatic rings. The molecular formula is C15H10ClF2N3O3S. The van der Waals surface area contributed by atoms with Crippen LogP contribution in [0.2, 0.25) is 5.02 Å². The van der Waals surface area contributed by atoms with E-state index in [9.17, 15) is 18.4 Å². The van der Waals surface area contributed by atoms with Crippen molar-refractivity contribution in [3.8, 4) is 0 Å². The summed E-state index contributed by atoms with van der Waals surface area (Å²) in [7, 11) is 0. The first kappa shape index (κ1) is 17.4. The molecule has 10 heteroatoms. The zero-order valence-electron chi connectivity index (χ0n) is 12.8. The SMILES string of the molecule is CCc1nn2c(=O)cc(COC(=O)c3cc(F)c(F)cc3Cl)nc2s1. The molecule has 2 heterocycles. The Morgan fingerprint density at radius 3 is 2.76 bits per heavy atom. The van der Waals surface area contributed by atoms with Crippen molar-refractivity contribution < 1.29 is 18.3 Å². The van der Waals surface area contributed by atoms with Crippen LogP contribution in [0.15, 0.2) is 23.0 Å². The number of aryl methyl sites for hydroxylation is 1. The summed E-state index contributed by atoms with van der Waals surface area (Å²) >= 11 is 6.97. The van der Waals surface area contributed by atoms with Crippen molar-refractivity contribution in [2.45, 2.75) is 20.0 Å². The van der Waals surface area contributed by atoms with Crippen molar-refractivity contribution in [2.24, 2.45) is 0 Å². The molecule has 0 fully saturated rings. The van der Waals surface area contributed by atoms with E-state index in [-0.39, 0.29) is 22.9 Å². The number of halogens is 3. The van der Waals surface area contributed by atoms with Gasteiger partial charge in [0.05, 0.1) is 16.3 Å². The van der Waals surface area contributed by atoms with Crippen molar-refractivity contribution in [3.63, 3.8) is 0 Å². The minimum atomic E-state index is -1.22. The summed E-state index contributed by atoms with van der Waals surface area (Å²) < 4.78 is 32.4. The van der Waals surface area contributed by atoms with E-state index in [0.29, 0.717) is 23.5 Å². The van der Waals surface area contributed by atoms with E-state index in [1.807, 2.05) is 6.92 Å². The number of fused-ring (bicyclic) bond motifs is 1. The van der Waals surface area contributed by atoms with Crippen molar-refractivity contribution in [1.29, 1.82) is 0 Å². The van der Waals surface area contributed by atoms with Crippen LogP contribution in [0.1, 0.15) is 28.0 Å². The molecule has 0 saturated carbocycles. The first-order valence-corrected chi connectivity index (χ1v) is 8.29. The van der Waals surface area contributed by atoms with Gasteiger partial charge in [0.25, 0.3) is 5.56 Å². The average molecular weight is 386 g/mol. The standard InChI is InChI=1S/C15H10ClF2N3O3S/c1-2-12-20-21-13(22)3-7(19-15(21)25-12)6-24-14(23)8-4-10(17)11(18)5-9(8)16/h3-5H,2,6H2,1H3. The third kappa shape index (κ3) is 3.52. The highest BCUT2D eigenvalue weighted by Gasteiger charge is 2.17. The second kappa shape index (κ2) is 6.85. The van der Waals surface area contributed by atoms with Crippen LogP contribution in [0.25, 0.3) is 4.96 Å². The molecule has 0 unspecified atom stereocenters. The number of rotatable bonds is 4. The van der Waals surface area contributed by atoms with Gasteiger partial charge in [-0.05, 0) is 18.6 Å². The van der Waals surface area contributed by atoms with E-state index in [4.69, 9.17) is 16.3 Å². The van der Waals surface area contributed by atoms with E-state index in [1.54, 1.807) is 0 Å². The summed E-state index contributed by atoms with van der Waals surface area (Å²) in [5.41, 5.74) is -0.509. The number of hydrogen-bond donors (Lipinski definition) is 0. The maximum absolute atomic E-state index is 13.2. The third-order valence-corrected chi connectivity index (χ3v) is 4.59. The molecule has 2 aromatic heterocycles. The van der Waals surface area contributed by atoms with Gasteiger partial charge in [-0.3, -0.25) is 4.79 Å². The van der Waals surface area contributed by atoms with Crippen LogP contribution >= 0.6 is 22.9 Å². The van der Waals surface area contributed by atoms with Gasteiger partial charge in [-0.2, -0.15) is 9.61 Å². The second-order valence-corrected chi connectivity index (χ2v) is 6.40. The fourth-order valence-corrected chi connectivity index (χ4v) is 3.09. The van der Waals surface area contributed by atoms with Gasteiger partial charge in [0.1, 0.15) is 11.6 Å². The number of ether oxygens (including phenoxy) is 1. The Balaban J connectivity index is 1.81. The summed E-state index contributed by atoms with van der Waals surface area (Å²) in [6.07, 6.45) is 0.659. The van der Waals surface area contributed by atoms with E-state index < -0.39 is 23.2 Å². The van der Waals surface area contributed by atoms with Crippen LogP contribution in [0.5, 0.6) is 0 Å². The van der Waals surface area contributed by atoms with E-state index >= 15 is 0 Å². The lowest BCUT2D eigenvalue weighted by molar-refractivity contribution is 0.0467. The van der Waals surface area contributed by atoms with Crippen LogP contribution in [0, 0.1) is 11.6 Å². The molecule has 0 aliphatic carbocycles. The van der Waals surface area contributed by atoms with Gasteiger partial charge >= 0.3 is 5.97 Å². The smallest absolute Gasteiger partial charge is 0.340 e. The van der Waals surface area contributed by atoms with E-state index in [0.717, 1.165) is 5.01 Å². The number of esters is 1. The van der Waals surface area contributed by atoms with Crippen LogP contribution in [0.3, 0.4) is 0 Å². The minimum Gasteiger partial charge on any atom is -0.456 e. The zero-order chi connectivity index (χ0) is 18.1. The first-order chi connectivity index (χ1) is 11.9. The maximum Gasteiger partial charge on any atom is 0.340 e. The highest BCUT2D eigenvalue weighted by atomic mass is 35.5. The molecule has 0 saturated heterocycles. The average Bonchev–Trinajstić information content (AvgIpc) is 3.00. The third-order valence-electron chi connectivity index (χ3n) is 3.22. The summed E-state index contributed by atoms with van der Waals surface area (Å²) in [4.78, 5) is 28.6. The van der Waals surface area contributed by atoms with Crippen LogP contribution in [-0.2, 0) is 17.8 Å². The molecule has 1 aromatic carbocycles. The molecule has 0 amide bonds. The Morgan fingerprint density at radius 1 is 1.32 bits per heavy atom. The molecular weight excluding hydrogens is 376 g/mol. The predicted molar refractivity (Wildman–Crippen MR) is 87.0 cm³/mol. The van der Waals surface area contributed by atoms with Crippen molar-refractivity contribution in [2.75, 3.05) is 0 Å². The number of hydrogen-bond acceptors (Lipinski definition) is 6. The quantitative estimate of drug-likeness (QED) is 0.510.